The summed E-state index contributed by atoms with van der Waals surface area (Å²) in [7, 11) is -4.59. The molecule has 12 heteroatoms. The van der Waals surface area contributed by atoms with E-state index in [0.29, 0.717) is 12.8 Å². The van der Waals surface area contributed by atoms with Gasteiger partial charge in [-0.2, -0.15) is 0 Å². The van der Waals surface area contributed by atoms with Crippen LogP contribution in [-0.4, -0.2) is 55.5 Å². The molecule has 0 amide bonds. The number of hydrogen-bond acceptors (Lipinski definition) is 8. The molecule has 0 aliphatic carbocycles. The molecule has 2 bridgehead atoms. The highest BCUT2D eigenvalue weighted by molar-refractivity contribution is 7.85. The van der Waals surface area contributed by atoms with Crippen molar-refractivity contribution in [3.8, 4) is 11.5 Å². The quantitative estimate of drug-likeness (QED) is 0.424. The van der Waals surface area contributed by atoms with E-state index in [9.17, 15) is 30.9 Å². The van der Waals surface area contributed by atoms with Crippen LogP contribution in [0.4, 0.5) is 13.2 Å². The molecular weight excluding hydrogens is 445 g/mol. The predicted molar refractivity (Wildman–Crippen MR) is 98.7 cm³/mol. The van der Waals surface area contributed by atoms with E-state index in [4.69, 9.17) is 14.2 Å². The Morgan fingerprint density at radius 1 is 1.29 bits per heavy atom. The Kier molecular flexibility index (Phi) is 6.45. The summed E-state index contributed by atoms with van der Waals surface area (Å²) in [5.74, 6) is -3.00. The number of fused-ring (bicyclic) bond motifs is 2. The number of ether oxygens (including phenoxy) is 4. The van der Waals surface area contributed by atoms with Crippen LogP contribution in [0.2, 0.25) is 0 Å². The summed E-state index contributed by atoms with van der Waals surface area (Å²) >= 11 is 0. The molecule has 3 rings (SSSR count). The van der Waals surface area contributed by atoms with Gasteiger partial charge in [-0.3, -0.25) is 0 Å². The Morgan fingerprint density at radius 3 is 2.52 bits per heavy atom. The van der Waals surface area contributed by atoms with Crippen LogP contribution in [0.5, 0.6) is 11.5 Å². The second-order valence-electron chi connectivity index (χ2n) is 7.85. The van der Waals surface area contributed by atoms with Gasteiger partial charge in [0.2, 0.25) is 0 Å². The van der Waals surface area contributed by atoms with E-state index in [-0.39, 0.29) is 29.4 Å². The van der Waals surface area contributed by atoms with Gasteiger partial charge in [0, 0.05) is 6.42 Å². The molecule has 2 fully saturated rings. The largest absolute Gasteiger partial charge is 0.748 e. The normalized spacial score (nSPS) is 25.6. The molecule has 3 unspecified atom stereocenters. The van der Waals surface area contributed by atoms with Crippen LogP contribution >= 0.6 is 0 Å². The molecule has 2 aliphatic rings. The molecule has 0 aromatic heterocycles. The molecule has 174 valence electrons. The van der Waals surface area contributed by atoms with E-state index in [1.54, 1.807) is 0 Å². The Balaban J connectivity index is 1.88. The number of esters is 1. The summed E-state index contributed by atoms with van der Waals surface area (Å²) in [6.45, 7) is 3.06. The highest BCUT2D eigenvalue weighted by Crippen LogP contribution is 2.49. The van der Waals surface area contributed by atoms with Crippen LogP contribution in [0.1, 0.15) is 43.5 Å². The molecule has 0 saturated carbocycles. The second kappa shape index (κ2) is 8.47. The van der Waals surface area contributed by atoms with Crippen molar-refractivity contribution in [1.29, 1.82) is 0 Å². The minimum absolute atomic E-state index is 0.0541. The zero-order valence-corrected chi connectivity index (χ0v) is 17.6. The first-order valence-electron chi connectivity index (χ1n) is 9.64. The highest BCUT2D eigenvalue weighted by atomic mass is 32.2. The van der Waals surface area contributed by atoms with Gasteiger partial charge in [0.05, 0.1) is 33.6 Å². The molecule has 8 nitrogen and oxygen atoms in total. The molecule has 1 aromatic carbocycles. The van der Waals surface area contributed by atoms with Crippen LogP contribution < -0.4 is 9.47 Å². The van der Waals surface area contributed by atoms with E-state index < -0.39 is 46.2 Å². The lowest BCUT2D eigenvalue weighted by Gasteiger charge is -2.39. The SMILES string of the molecule is CC(C)C1(Oc2cc(C(=O)OCCS(=O)(=O)[O-])ccc2OC(F)(F)F)CC2CCC1O2. The zero-order chi connectivity index (χ0) is 23.0. The number of halogens is 3. The molecule has 2 heterocycles. The lowest BCUT2D eigenvalue weighted by molar-refractivity contribution is -0.275. The van der Waals surface area contributed by atoms with E-state index in [1.807, 2.05) is 13.8 Å². The van der Waals surface area contributed by atoms with Crippen LogP contribution in [0.15, 0.2) is 18.2 Å². The van der Waals surface area contributed by atoms with Gasteiger partial charge in [0.15, 0.2) is 11.5 Å². The Bertz CT molecular complexity index is 931. The topological polar surface area (TPSA) is 111 Å². The fraction of sp³-hybridized carbons (Fsp3) is 0.632. The number of hydrogen-bond donors (Lipinski definition) is 0. The third-order valence-electron chi connectivity index (χ3n) is 5.45. The summed E-state index contributed by atoms with van der Waals surface area (Å²) in [6, 6.07) is 3.00. The number of carbonyl (C=O) groups excluding carboxylic acids is 1. The monoisotopic (exact) mass is 467 g/mol. The van der Waals surface area contributed by atoms with E-state index >= 15 is 0 Å². The van der Waals surface area contributed by atoms with Crippen molar-refractivity contribution < 1.29 is 49.9 Å². The number of benzene rings is 1. The van der Waals surface area contributed by atoms with E-state index in [0.717, 1.165) is 24.6 Å². The third kappa shape index (κ3) is 5.60. The average Bonchev–Trinajstić information content (AvgIpc) is 3.22. The van der Waals surface area contributed by atoms with Crippen molar-refractivity contribution in [2.45, 2.75) is 57.3 Å². The number of alkyl halides is 3. The maximum Gasteiger partial charge on any atom is 0.573 e. The van der Waals surface area contributed by atoms with Crippen molar-refractivity contribution in [3.05, 3.63) is 23.8 Å². The van der Waals surface area contributed by atoms with Gasteiger partial charge < -0.3 is 23.5 Å². The Hall–Kier alpha value is -2.05. The van der Waals surface area contributed by atoms with Crippen LogP contribution in [0.25, 0.3) is 0 Å². The van der Waals surface area contributed by atoms with Crippen molar-refractivity contribution in [2.75, 3.05) is 12.4 Å². The molecular formula is C19H22F3O8S-. The summed E-state index contributed by atoms with van der Waals surface area (Å²) in [5.41, 5.74) is -1.08. The highest BCUT2D eigenvalue weighted by Gasteiger charge is 2.56. The zero-order valence-electron chi connectivity index (χ0n) is 16.8. The van der Waals surface area contributed by atoms with Crippen LogP contribution in [0, 0.1) is 5.92 Å². The first-order valence-corrected chi connectivity index (χ1v) is 11.2. The Morgan fingerprint density at radius 2 is 2.00 bits per heavy atom. The van der Waals surface area contributed by atoms with Crippen LogP contribution in [0.3, 0.4) is 0 Å². The summed E-state index contributed by atoms with van der Waals surface area (Å²) in [5, 5.41) is 0. The van der Waals surface area contributed by atoms with Gasteiger partial charge in [-0.1, -0.05) is 13.8 Å². The van der Waals surface area contributed by atoms with Gasteiger partial charge in [0.25, 0.3) is 0 Å². The third-order valence-corrected chi connectivity index (χ3v) is 6.11. The maximum absolute atomic E-state index is 12.9. The average molecular weight is 467 g/mol. The molecule has 0 radical (unpaired) electrons. The minimum atomic E-state index is -4.99. The molecule has 2 saturated heterocycles. The Labute approximate surface area is 177 Å². The molecule has 0 spiro atoms. The fourth-order valence-electron chi connectivity index (χ4n) is 3.98. The maximum atomic E-state index is 12.9. The molecule has 1 aromatic rings. The van der Waals surface area contributed by atoms with Crippen molar-refractivity contribution in [3.63, 3.8) is 0 Å². The van der Waals surface area contributed by atoms with Gasteiger partial charge in [-0.15, -0.1) is 13.2 Å². The van der Waals surface area contributed by atoms with Gasteiger partial charge in [-0.05, 0) is 37.0 Å². The standard InChI is InChI=1S/C19H23F3O8S/c1-11(2)18(10-13-4-6-16(18)28-13)29-15-9-12(3-5-14(15)30-19(20,21)22)17(23)27-7-8-31(24,25)26/h3,5,9,11,13,16H,4,6-8,10H2,1-2H3,(H,24,25,26)/p-1. The van der Waals surface area contributed by atoms with Gasteiger partial charge in [-0.25, -0.2) is 13.2 Å². The summed E-state index contributed by atoms with van der Waals surface area (Å²) in [6.07, 6.45) is -3.33. The molecule has 2 aliphatic heterocycles. The lowest BCUT2D eigenvalue weighted by atomic mass is 9.77. The number of carbonyl (C=O) groups is 1. The van der Waals surface area contributed by atoms with E-state index in [2.05, 4.69) is 4.74 Å². The molecule has 3 atom stereocenters. The molecule has 0 N–H and O–H groups in total. The minimum Gasteiger partial charge on any atom is -0.748 e. The van der Waals surface area contributed by atoms with E-state index in [1.165, 1.54) is 0 Å². The fourth-order valence-corrected chi connectivity index (χ4v) is 4.27. The first kappa shape index (κ1) is 23.6. The molecule has 31 heavy (non-hydrogen) atoms. The second-order valence-corrected chi connectivity index (χ2v) is 9.37. The van der Waals surface area contributed by atoms with Crippen molar-refractivity contribution in [1.82, 2.24) is 0 Å². The van der Waals surface area contributed by atoms with Crippen LogP contribution in [-0.2, 0) is 19.6 Å². The van der Waals surface area contributed by atoms with Gasteiger partial charge >= 0.3 is 12.3 Å². The first-order chi connectivity index (χ1) is 14.3. The number of rotatable bonds is 8. The lowest BCUT2D eigenvalue weighted by Crippen LogP contribution is -2.50. The summed E-state index contributed by atoms with van der Waals surface area (Å²) in [4.78, 5) is 12.2. The van der Waals surface area contributed by atoms with Crippen molar-refractivity contribution >= 4 is 16.1 Å². The summed E-state index contributed by atoms with van der Waals surface area (Å²) < 4.78 is 91.3. The smallest absolute Gasteiger partial charge is 0.573 e. The van der Waals surface area contributed by atoms with Gasteiger partial charge in [0.1, 0.15) is 12.2 Å². The van der Waals surface area contributed by atoms with Crippen molar-refractivity contribution in [2.24, 2.45) is 5.92 Å². The predicted octanol–water partition coefficient (Wildman–Crippen LogP) is 3.01.